The van der Waals surface area contributed by atoms with E-state index in [1.165, 1.54) is 14.2 Å². The Morgan fingerprint density at radius 2 is 1.06 bits per heavy atom. The summed E-state index contributed by atoms with van der Waals surface area (Å²) < 4.78 is 21.3. The fourth-order valence-corrected chi connectivity index (χ4v) is 7.97. The average molecular weight is 841 g/mol. The Hall–Kier alpha value is -7.04. The zero-order valence-electron chi connectivity index (χ0n) is 34.8. The van der Waals surface area contributed by atoms with E-state index in [-0.39, 0.29) is 38.5 Å². The minimum Gasteiger partial charge on any atom is -0.453 e. The number of carbonyl (C=O) groups is 4. The maximum Gasteiger partial charge on any atom is 0.407 e. The maximum atomic E-state index is 14.1. The van der Waals surface area contributed by atoms with Crippen LogP contribution in [-0.2, 0) is 52.5 Å². The second-order valence-corrected chi connectivity index (χ2v) is 15.7. The molecule has 0 radical (unpaired) electrons. The van der Waals surface area contributed by atoms with Crippen molar-refractivity contribution in [1.82, 2.24) is 40.4 Å². The lowest BCUT2D eigenvalue weighted by atomic mass is 9.98. The van der Waals surface area contributed by atoms with Crippen molar-refractivity contribution in [3.8, 4) is 0 Å². The van der Waals surface area contributed by atoms with Gasteiger partial charge < -0.3 is 49.3 Å². The van der Waals surface area contributed by atoms with Gasteiger partial charge in [0.05, 0.1) is 49.5 Å². The highest BCUT2D eigenvalue weighted by Crippen LogP contribution is 2.37. The number of aromatic nitrogens is 4. The summed E-state index contributed by atoms with van der Waals surface area (Å²) in [7, 11) is 2.51. The predicted octanol–water partition coefficient (Wildman–Crippen LogP) is 6.04. The standard InChI is InChI=1S/C46H48N8O8/c1-45(25-61-27-53(45)39(55)37(51-43(57)59-3)31-15-7-5-8-16-31)41-47-33-21-19-29(23-35(33)49-41)13-11-12-14-30-20-22-34-36(24-30)50-42(48-34)46(2)26-62-28-54(46)40(56)38(52-44(58)60-4)32-17-9-6-10-18-32/h5-12,15-24,37-38H,13-14,25-28H2,1-4H3,(H,47,49)(H,48,50)(H,51,57)(H,52,58)/b12-11+/t37-,38-,45-,46-/m1/s1. The molecule has 4 N–H and O–H groups in total. The van der Waals surface area contributed by atoms with E-state index < -0.39 is 35.3 Å². The van der Waals surface area contributed by atoms with E-state index in [0.717, 1.165) is 33.2 Å². The van der Waals surface area contributed by atoms with Gasteiger partial charge in [0.1, 0.15) is 48.3 Å². The quantitative estimate of drug-likeness (QED) is 0.106. The molecule has 16 nitrogen and oxygen atoms in total. The number of H-pyrrole nitrogens is 2. The Kier molecular flexibility index (Phi) is 11.8. The van der Waals surface area contributed by atoms with Crippen LogP contribution in [-0.4, -0.2) is 94.6 Å². The Bertz CT molecular complexity index is 2450. The normalized spacial score (nSPS) is 19.8. The third-order valence-electron chi connectivity index (χ3n) is 11.6. The molecular formula is C46H48N8O8. The van der Waals surface area contributed by atoms with Gasteiger partial charge in [-0.2, -0.15) is 0 Å². The van der Waals surface area contributed by atoms with Crippen molar-refractivity contribution in [2.45, 2.75) is 49.9 Å². The molecule has 8 rings (SSSR count). The first kappa shape index (κ1) is 41.7. The van der Waals surface area contributed by atoms with Gasteiger partial charge in [0.2, 0.25) is 0 Å². The zero-order valence-corrected chi connectivity index (χ0v) is 34.8. The fraction of sp³-hybridized carbons (Fsp3) is 0.304. The number of nitrogens with zero attached hydrogens (tertiary/aromatic N) is 4. The summed E-state index contributed by atoms with van der Waals surface area (Å²) in [6.45, 7) is 4.30. The minimum absolute atomic E-state index is 0.0320. The maximum absolute atomic E-state index is 14.1. The summed E-state index contributed by atoms with van der Waals surface area (Å²) in [5, 5.41) is 5.36. The highest BCUT2D eigenvalue weighted by molar-refractivity contribution is 5.89. The van der Waals surface area contributed by atoms with Gasteiger partial charge in [-0.15, -0.1) is 0 Å². The van der Waals surface area contributed by atoms with Crippen molar-refractivity contribution in [2.75, 3.05) is 40.9 Å². The molecule has 4 heterocycles. The number of alkyl carbamates (subject to hydrolysis) is 2. The number of benzene rings is 4. The Morgan fingerprint density at radius 1 is 0.661 bits per heavy atom. The van der Waals surface area contributed by atoms with Crippen LogP contribution in [0.3, 0.4) is 0 Å². The molecule has 0 spiro atoms. The monoisotopic (exact) mass is 840 g/mol. The van der Waals surface area contributed by atoms with Crippen LogP contribution in [0.5, 0.6) is 0 Å². The molecule has 320 valence electrons. The number of methoxy groups -OCH3 is 2. The topological polar surface area (TPSA) is 193 Å². The van der Waals surface area contributed by atoms with Crippen LogP contribution < -0.4 is 10.6 Å². The van der Waals surface area contributed by atoms with E-state index in [4.69, 9.17) is 28.9 Å². The Balaban J connectivity index is 0.936. The van der Waals surface area contributed by atoms with Gasteiger partial charge in [0.25, 0.3) is 11.8 Å². The highest BCUT2D eigenvalue weighted by atomic mass is 16.5. The first-order valence-electron chi connectivity index (χ1n) is 20.2. The fourth-order valence-electron chi connectivity index (χ4n) is 7.97. The molecule has 2 aliphatic rings. The Morgan fingerprint density at radius 3 is 1.45 bits per heavy atom. The van der Waals surface area contributed by atoms with Crippen molar-refractivity contribution < 1.29 is 38.1 Å². The van der Waals surface area contributed by atoms with Crippen molar-refractivity contribution in [3.63, 3.8) is 0 Å². The number of hydrogen-bond donors (Lipinski definition) is 4. The molecule has 4 amide bonds. The lowest BCUT2D eigenvalue weighted by molar-refractivity contribution is -0.139. The third kappa shape index (κ3) is 8.21. The van der Waals surface area contributed by atoms with E-state index in [9.17, 15) is 19.2 Å². The number of amides is 4. The summed E-state index contributed by atoms with van der Waals surface area (Å²) >= 11 is 0. The molecular weight excluding hydrogens is 793 g/mol. The molecule has 4 aromatic carbocycles. The average Bonchev–Trinajstić information content (AvgIpc) is 4.11. The highest BCUT2D eigenvalue weighted by Gasteiger charge is 2.48. The second kappa shape index (κ2) is 17.5. The number of carbonyl (C=O) groups excluding carboxylic acids is 4. The van der Waals surface area contributed by atoms with Gasteiger partial charge in [-0.3, -0.25) is 9.59 Å². The van der Waals surface area contributed by atoms with Gasteiger partial charge >= 0.3 is 12.2 Å². The summed E-state index contributed by atoms with van der Waals surface area (Å²) in [6.07, 6.45) is 4.17. The summed E-state index contributed by atoms with van der Waals surface area (Å²) in [5.41, 5.74) is 4.71. The van der Waals surface area contributed by atoms with Gasteiger partial charge in [-0.05, 0) is 73.2 Å². The molecule has 2 aromatic heterocycles. The molecule has 0 aliphatic carbocycles. The van der Waals surface area contributed by atoms with Crippen molar-refractivity contribution >= 4 is 46.1 Å². The van der Waals surface area contributed by atoms with Crippen LogP contribution in [0.2, 0.25) is 0 Å². The van der Waals surface area contributed by atoms with E-state index >= 15 is 0 Å². The number of ether oxygens (including phenoxy) is 4. The molecule has 4 atom stereocenters. The largest absolute Gasteiger partial charge is 0.453 e. The summed E-state index contributed by atoms with van der Waals surface area (Å²) in [5.74, 6) is 0.461. The number of imidazole rings is 2. The molecule has 0 unspecified atom stereocenters. The van der Waals surface area contributed by atoms with Gasteiger partial charge in [-0.25, -0.2) is 19.6 Å². The molecule has 0 bridgehead atoms. The lowest BCUT2D eigenvalue weighted by Gasteiger charge is -2.34. The molecule has 2 aliphatic heterocycles. The molecule has 0 saturated carbocycles. The predicted molar refractivity (Wildman–Crippen MR) is 228 cm³/mol. The molecule has 16 heteroatoms. The minimum atomic E-state index is -0.983. The first-order chi connectivity index (χ1) is 30.0. The van der Waals surface area contributed by atoms with Crippen LogP contribution in [0.4, 0.5) is 9.59 Å². The van der Waals surface area contributed by atoms with Crippen LogP contribution in [0.15, 0.2) is 109 Å². The smallest absolute Gasteiger partial charge is 0.407 e. The zero-order chi connectivity index (χ0) is 43.4. The third-order valence-corrected chi connectivity index (χ3v) is 11.6. The lowest BCUT2D eigenvalue weighted by Crippen LogP contribution is -2.50. The molecule has 2 saturated heterocycles. The van der Waals surface area contributed by atoms with E-state index in [0.29, 0.717) is 35.6 Å². The van der Waals surface area contributed by atoms with Crippen molar-refractivity contribution in [3.05, 3.63) is 143 Å². The van der Waals surface area contributed by atoms with E-state index in [1.807, 2.05) is 50.2 Å². The summed E-state index contributed by atoms with van der Waals surface area (Å²) in [4.78, 5) is 72.5. The molecule has 2 fully saturated rings. The Labute approximate surface area is 357 Å². The summed E-state index contributed by atoms with van der Waals surface area (Å²) in [6, 6.07) is 28.2. The van der Waals surface area contributed by atoms with E-state index in [1.54, 1.807) is 58.3 Å². The first-order valence-corrected chi connectivity index (χ1v) is 20.2. The SMILES string of the molecule is COC(=O)N[C@@H](C(=O)N1COC[C@]1(C)c1nc2ccc(C/C=C/Cc3ccc4nc([C@@]5(C)COCN5C(=O)[C@H](NC(=O)OC)c5ccccc5)[nH]c4c3)cc2[nH]1)c1ccccc1. The van der Waals surface area contributed by atoms with E-state index in [2.05, 4.69) is 44.9 Å². The second-order valence-electron chi connectivity index (χ2n) is 15.7. The number of rotatable bonds is 12. The number of allylic oxidation sites excluding steroid dienone is 2. The van der Waals surface area contributed by atoms with Crippen molar-refractivity contribution in [2.24, 2.45) is 0 Å². The van der Waals surface area contributed by atoms with Gasteiger partial charge in [0.15, 0.2) is 0 Å². The van der Waals surface area contributed by atoms with Crippen LogP contribution in [0.25, 0.3) is 22.1 Å². The van der Waals surface area contributed by atoms with Crippen molar-refractivity contribution in [1.29, 1.82) is 0 Å². The van der Waals surface area contributed by atoms with Gasteiger partial charge in [0, 0.05) is 0 Å². The number of hydrogen-bond acceptors (Lipinski definition) is 10. The number of nitrogens with one attached hydrogen (secondary N) is 4. The molecule has 62 heavy (non-hydrogen) atoms. The molecule has 6 aromatic rings. The van der Waals surface area contributed by atoms with Crippen LogP contribution >= 0.6 is 0 Å². The number of fused-ring (bicyclic) bond motifs is 2. The van der Waals surface area contributed by atoms with Gasteiger partial charge in [-0.1, -0.05) is 84.9 Å². The van der Waals surface area contributed by atoms with Crippen LogP contribution in [0, 0.1) is 0 Å². The van der Waals surface area contributed by atoms with Crippen LogP contribution in [0.1, 0.15) is 59.8 Å². The number of aromatic amines is 2.